The quantitative estimate of drug-likeness (QED) is 0.664. The van der Waals surface area contributed by atoms with Crippen LogP contribution in [0, 0.1) is 0 Å². The zero-order valence-corrected chi connectivity index (χ0v) is 11.5. The van der Waals surface area contributed by atoms with E-state index in [4.69, 9.17) is 4.74 Å². The average Bonchev–Trinajstić information content (AvgIpc) is 2.94. The maximum absolute atomic E-state index is 4.99. The maximum atomic E-state index is 4.99. The van der Waals surface area contributed by atoms with Crippen molar-refractivity contribution in [2.75, 3.05) is 40.4 Å². The second kappa shape index (κ2) is 6.87. The molecule has 1 aliphatic carbocycles. The van der Waals surface area contributed by atoms with Crippen molar-refractivity contribution in [3.05, 3.63) is 17.0 Å². The van der Waals surface area contributed by atoms with Crippen molar-refractivity contribution in [2.45, 2.75) is 25.8 Å². The number of nitrogens with zero attached hydrogens (tertiary/aromatic N) is 2. The Hall–Kier alpha value is -0.910. The van der Waals surface area contributed by atoms with E-state index >= 15 is 0 Å². The van der Waals surface area contributed by atoms with E-state index in [1.165, 1.54) is 36.2 Å². The van der Waals surface area contributed by atoms with E-state index < -0.39 is 0 Å². The summed E-state index contributed by atoms with van der Waals surface area (Å²) in [5.41, 5.74) is 4.06. The third kappa shape index (κ3) is 3.54. The molecule has 18 heavy (non-hydrogen) atoms. The third-order valence-electron chi connectivity index (χ3n) is 3.46. The molecule has 0 unspecified atom stereocenters. The molecule has 5 nitrogen and oxygen atoms in total. The second-order valence-electron chi connectivity index (χ2n) is 4.96. The van der Waals surface area contributed by atoms with Crippen LogP contribution in [0.3, 0.4) is 0 Å². The fourth-order valence-corrected chi connectivity index (χ4v) is 2.42. The maximum Gasteiger partial charge on any atom is 0.0796 e. The van der Waals surface area contributed by atoms with Crippen molar-refractivity contribution in [3.63, 3.8) is 0 Å². The van der Waals surface area contributed by atoms with E-state index in [-0.39, 0.29) is 0 Å². The van der Waals surface area contributed by atoms with Gasteiger partial charge < -0.3 is 10.1 Å². The summed E-state index contributed by atoms with van der Waals surface area (Å²) in [4.78, 5) is 2.31. The zero-order chi connectivity index (χ0) is 12.8. The highest BCUT2D eigenvalue weighted by Crippen LogP contribution is 2.23. The molecule has 2 rings (SSSR count). The molecule has 102 valence electrons. The monoisotopic (exact) mass is 252 g/mol. The van der Waals surface area contributed by atoms with Gasteiger partial charge in [-0.1, -0.05) is 0 Å². The number of H-pyrrole nitrogens is 1. The summed E-state index contributed by atoms with van der Waals surface area (Å²) in [7, 11) is 3.87. The highest BCUT2D eigenvalue weighted by molar-refractivity contribution is 5.29. The zero-order valence-electron chi connectivity index (χ0n) is 11.5. The van der Waals surface area contributed by atoms with E-state index in [2.05, 4.69) is 27.5 Å². The third-order valence-corrected chi connectivity index (χ3v) is 3.46. The van der Waals surface area contributed by atoms with E-state index in [9.17, 15) is 0 Å². The van der Waals surface area contributed by atoms with Crippen molar-refractivity contribution >= 4 is 0 Å². The van der Waals surface area contributed by atoms with Crippen LogP contribution in [0.25, 0.3) is 0 Å². The van der Waals surface area contributed by atoms with Gasteiger partial charge in [-0.3, -0.25) is 10.00 Å². The standard InChI is InChI=1S/C13H24N4O/c1-17(8-6-14-7-9-18-2)10-13-11-4-3-5-12(11)15-16-13/h14H,3-10H2,1-2H3,(H,15,16). The van der Waals surface area contributed by atoms with E-state index in [1.807, 2.05) is 0 Å². The van der Waals surface area contributed by atoms with Gasteiger partial charge in [-0.2, -0.15) is 5.10 Å². The number of aromatic amines is 1. The van der Waals surface area contributed by atoms with Gasteiger partial charge in [-0.05, 0) is 31.9 Å². The molecule has 0 aromatic carbocycles. The number of hydrogen-bond donors (Lipinski definition) is 2. The van der Waals surface area contributed by atoms with Crippen molar-refractivity contribution in [1.82, 2.24) is 20.4 Å². The Balaban J connectivity index is 1.69. The van der Waals surface area contributed by atoms with Crippen LogP contribution in [0.4, 0.5) is 0 Å². The Labute approximate surface area is 109 Å². The van der Waals surface area contributed by atoms with Crippen molar-refractivity contribution in [2.24, 2.45) is 0 Å². The van der Waals surface area contributed by atoms with Crippen LogP contribution in [0.5, 0.6) is 0 Å². The molecular weight excluding hydrogens is 228 g/mol. The van der Waals surface area contributed by atoms with Gasteiger partial charge in [0.1, 0.15) is 0 Å². The molecule has 1 aromatic rings. The molecule has 0 radical (unpaired) electrons. The predicted molar refractivity (Wildman–Crippen MR) is 71.7 cm³/mol. The SMILES string of the molecule is COCCNCCN(C)Cc1n[nH]c2c1CCC2. The van der Waals surface area contributed by atoms with E-state index in [0.717, 1.165) is 32.8 Å². The second-order valence-corrected chi connectivity index (χ2v) is 4.96. The lowest BCUT2D eigenvalue weighted by Gasteiger charge is -2.16. The molecule has 1 aromatic heterocycles. The Morgan fingerprint density at radius 1 is 1.39 bits per heavy atom. The minimum atomic E-state index is 0.774. The lowest BCUT2D eigenvalue weighted by atomic mass is 10.2. The molecule has 2 N–H and O–H groups in total. The summed E-state index contributed by atoms with van der Waals surface area (Å²) in [6, 6.07) is 0. The van der Waals surface area contributed by atoms with Crippen LogP contribution in [-0.4, -0.2) is 55.5 Å². The highest BCUT2D eigenvalue weighted by atomic mass is 16.5. The first-order chi connectivity index (χ1) is 8.81. The summed E-state index contributed by atoms with van der Waals surface area (Å²) in [5, 5.41) is 10.9. The van der Waals surface area contributed by atoms with Crippen LogP contribution in [-0.2, 0) is 24.1 Å². The molecule has 0 saturated heterocycles. The molecule has 0 aliphatic heterocycles. The average molecular weight is 252 g/mol. The van der Waals surface area contributed by atoms with Gasteiger partial charge in [-0.25, -0.2) is 0 Å². The molecule has 1 aliphatic rings. The molecule has 0 atom stereocenters. The number of rotatable bonds is 8. The first-order valence-electron chi connectivity index (χ1n) is 6.74. The molecule has 0 spiro atoms. The minimum absolute atomic E-state index is 0.774. The molecule has 0 bridgehead atoms. The number of likely N-dealkylation sites (N-methyl/N-ethyl adjacent to an activating group) is 1. The van der Waals surface area contributed by atoms with Gasteiger partial charge in [-0.15, -0.1) is 0 Å². The van der Waals surface area contributed by atoms with Gasteiger partial charge in [0.2, 0.25) is 0 Å². The first-order valence-corrected chi connectivity index (χ1v) is 6.74. The Morgan fingerprint density at radius 3 is 3.11 bits per heavy atom. The summed E-state index contributed by atoms with van der Waals surface area (Å²) >= 11 is 0. The summed E-state index contributed by atoms with van der Waals surface area (Å²) in [6.45, 7) is 4.66. The number of aryl methyl sites for hydroxylation is 1. The summed E-state index contributed by atoms with van der Waals surface area (Å²) in [5.74, 6) is 0. The smallest absolute Gasteiger partial charge is 0.0796 e. The fraction of sp³-hybridized carbons (Fsp3) is 0.769. The Morgan fingerprint density at radius 2 is 2.28 bits per heavy atom. The van der Waals surface area contributed by atoms with Gasteiger partial charge in [0.25, 0.3) is 0 Å². The number of fused-ring (bicyclic) bond motifs is 1. The number of aromatic nitrogens is 2. The predicted octanol–water partition coefficient (Wildman–Crippen LogP) is 0.566. The van der Waals surface area contributed by atoms with Gasteiger partial charge in [0.05, 0.1) is 12.3 Å². The van der Waals surface area contributed by atoms with E-state index in [0.29, 0.717) is 0 Å². The lowest BCUT2D eigenvalue weighted by Crippen LogP contribution is -2.30. The lowest BCUT2D eigenvalue weighted by molar-refractivity contribution is 0.197. The fourth-order valence-electron chi connectivity index (χ4n) is 2.42. The van der Waals surface area contributed by atoms with E-state index in [1.54, 1.807) is 7.11 Å². The molecule has 0 amide bonds. The van der Waals surface area contributed by atoms with Gasteiger partial charge in [0.15, 0.2) is 0 Å². The largest absolute Gasteiger partial charge is 0.383 e. The van der Waals surface area contributed by atoms with Crippen molar-refractivity contribution in [3.8, 4) is 0 Å². The van der Waals surface area contributed by atoms with Crippen LogP contribution in [0.15, 0.2) is 0 Å². The van der Waals surface area contributed by atoms with Crippen LogP contribution < -0.4 is 5.32 Å². The summed E-state index contributed by atoms with van der Waals surface area (Å²) < 4.78 is 4.99. The molecule has 5 heteroatoms. The molecule has 1 heterocycles. The van der Waals surface area contributed by atoms with Crippen LogP contribution in [0.2, 0.25) is 0 Å². The Bertz CT molecular complexity index is 364. The Kier molecular flexibility index (Phi) is 5.16. The number of methoxy groups -OCH3 is 1. The normalized spacial score (nSPS) is 14.4. The summed E-state index contributed by atoms with van der Waals surface area (Å²) in [6.07, 6.45) is 3.64. The highest BCUT2D eigenvalue weighted by Gasteiger charge is 2.18. The number of hydrogen-bond acceptors (Lipinski definition) is 4. The number of nitrogens with one attached hydrogen (secondary N) is 2. The van der Waals surface area contributed by atoms with Crippen molar-refractivity contribution < 1.29 is 4.74 Å². The van der Waals surface area contributed by atoms with Gasteiger partial charge in [0, 0.05) is 39.0 Å². The molecule has 0 saturated carbocycles. The van der Waals surface area contributed by atoms with Gasteiger partial charge >= 0.3 is 0 Å². The minimum Gasteiger partial charge on any atom is -0.383 e. The van der Waals surface area contributed by atoms with Crippen molar-refractivity contribution in [1.29, 1.82) is 0 Å². The number of ether oxygens (including phenoxy) is 1. The molecule has 0 fully saturated rings. The topological polar surface area (TPSA) is 53.2 Å². The van der Waals surface area contributed by atoms with Crippen LogP contribution in [0.1, 0.15) is 23.4 Å². The molecular formula is C13H24N4O. The first kappa shape index (κ1) is 13.5. The van der Waals surface area contributed by atoms with Crippen LogP contribution >= 0.6 is 0 Å².